The number of benzene rings is 1. The highest BCUT2D eigenvalue weighted by Crippen LogP contribution is 2.49. The van der Waals surface area contributed by atoms with E-state index in [0.29, 0.717) is 38.2 Å². The van der Waals surface area contributed by atoms with Crippen LogP contribution in [0.25, 0.3) is 17.4 Å². The number of rotatable bonds is 7. The summed E-state index contributed by atoms with van der Waals surface area (Å²) >= 11 is 6.96. The molecule has 2 saturated carbocycles. The number of carbonyl (C=O) groups is 2. The zero-order valence-electron chi connectivity index (χ0n) is 20.8. The highest BCUT2D eigenvalue weighted by molar-refractivity contribution is 8.26. The molecule has 3 heterocycles. The number of carbonyl (C=O) groups excluding carboxylic acids is 2. The van der Waals surface area contributed by atoms with Gasteiger partial charge in [-0.1, -0.05) is 30.4 Å². The van der Waals surface area contributed by atoms with Crippen molar-refractivity contribution in [1.29, 1.82) is 0 Å². The average Bonchev–Trinajstić information content (AvgIpc) is 3.73. The van der Waals surface area contributed by atoms with Crippen LogP contribution >= 0.6 is 24.0 Å². The molecule has 2 aliphatic carbocycles. The van der Waals surface area contributed by atoms with Crippen LogP contribution in [0.15, 0.2) is 39.7 Å². The van der Waals surface area contributed by atoms with Crippen molar-refractivity contribution in [3.8, 4) is 22.8 Å². The van der Waals surface area contributed by atoms with Gasteiger partial charge in [-0.3, -0.25) is 14.5 Å². The van der Waals surface area contributed by atoms with Crippen molar-refractivity contribution < 1.29 is 23.5 Å². The molecular formula is C28H30N2O5S2. The summed E-state index contributed by atoms with van der Waals surface area (Å²) < 4.78 is 18.0. The van der Waals surface area contributed by atoms with Gasteiger partial charge >= 0.3 is 0 Å². The van der Waals surface area contributed by atoms with Gasteiger partial charge in [0.15, 0.2) is 6.61 Å². The van der Waals surface area contributed by atoms with Gasteiger partial charge in [0.1, 0.15) is 27.3 Å². The molecule has 6 rings (SSSR count). The van der Waals surface area contributed by atoms with E-state index < -0.39 is 0 Å². The zero-order chi connectivity index (χ0) is 25.5. The second-order valence-corrected chi connectivity index (χ2v) is 11.9. The Kier molecular flexibility index (Phi) is 6.75. The molecule has 9 heteroatoms. The SMILES string of the molecule is COc1cc(OCC(=O)N2CCCC2)cc(-c2ccc(/C=C3\SC(=S)N(C4CC5CCC4C5)C3=O)o2)c1. The summed E-state index contributed by atoms with van der Waals surface area (Å²) in [6.45, 7) is 1.57. The molecule has 7 nitrogen and oxygen atoms in total. The zero-order valence-corrected chi connectivity index (χ0v) is 22.4. The van der Waals surface area contributed by atoms with Crippen LogP contribution in [0.3, 0.4) is 0 Å². The Hall–Kier alpha value is -2.78. The van der Waals surface area contributed by atoms with Gasteiger partial charge in [0.05, 0.1) is 12.0 Å². The lowest BCUT2D eigenvalue weighted by atomic mass is 9.94. The summed E-state index contributed by atoms with van der Waals surface area (Å²) in [5, 5.41) is 0. The molecule has 3 atom stereocenters. The number of furan rings is 1. The molecule has 194 valence electrons. The highest BCUT2D eigenvalue weighted by atomic mass is 32.2. The average molecular weight is 539 g/mol. The number of methoxy groups -OCH3 is 1. The van der Waals surface area contributed by atoms with Crippen LogP contribution in [0.4, 0.5) is 0 Å². The predicted octanol–water partition coefficient (Wildman–Crippen LogP) is 5.35. The normalized spacial score (nSPS) is 26.1. The Balaban J connectivity index is 1.17. The first-order valence-corrected chi connectivity index (χ1v) is 14.2. The van der Waals surface area contributed by atoms with Crippen molar-refractivity contribution >= 4 is 46.2 Å². The maximum absolute atomic E-state index is 13.3. The smallest absolute Gasteiger partial charge is 0.266 e. The van der Waals surface area contributed by atoms with Gasteiger partial charge in [0.2, 0.25) is 0 Å². The summed E-state index contributed by atoms with van der Waals surface area (Å²) in [7, 11) is 1.59. The molecule has 0 N–H and O–H groups in total. The van der Waals surface area contributed by atoms with Crippen molar-refractivity contribution in [2.75, 3.05) is 26.8 Å². The van der Waals surface area contributed by atoms with Gasteiger partial charge in [0.25, 0.3) is 11.8 Å². The molecular weight excluding hydrogens is 508 g/mol. The van der Waals surface area contributed by atoms with E-state index in [4.69, 9.17) is 26.1 Å². The van der Waals surface area contributed by atoms with Crippen molar-refractivity contribution in [3.05, 3.63) is 41.0 Å². The van der Waals surface area contributed by atoms with Crippen molar-refractivity contribution in [3.63, 3.8) is 0 Å². The lowest BCUT2D eigenvalue weighted by Crippen LogP contribution is -2.41. The van der Waals surface area contributed by atoms with E-state index in [1.807, 2.05) is 34.1 Å². The molecule has 3 unspecified atom stereocenters. The molecule has 2 aromatic rings. The first kappa shape index (κ1) is 24.6. The standard InChI is InChI=1S/C28H30N2O5S2/c1-33-21-12-19(13-22(14-21)34-16-26(31)29-8-2-3-9-29)24-7-6-20(35-24)15-25-27(32)30(28(36)37-25)23-11-17-4-5-18(23)10-17/h6-7,12-15,17-18,23H,2-5,8-11,16H2,1H3/b25-15-. The van der Waals surface area contributed by atoms with E-state index in [1.165, 1.54) is 31.0 Å². The third-order valence-electron chi connectivity index (χ3n) is 7.98. The second-order valence-electron chi connectivity index (χ2n) is 10.3. The van der Waals surface area contributed by atoms with Crippen LogP contribution < -0.4 is 9.47 Å². The number of likely N-dealkylation sites (tertiary alicyclic amines) is 1. The van der Waals surface area contributed by atoms with Gasteiger partial charge in [0, 0.05) is 36.8 Å². The molecule has 0 spiro atoms. The van der Waals surface area contributed by atoms with E-state index in [2.05, 4.69) is 0 Å². The molecule has 4 aliphatic rings. The molecule has 4 fully saturated rings. The number of amides is 2. The quantitative estimate of drug-likeness (QED) is 0.348. The highest BCUT2D eigenvalue weighted by Gasteiger charge is 2.48. The molecule has 1 aromatic heterocycles. The van der Waals surface area contributed by atoms with Crippen LogP contribution in [0, 0.1) is 11.8 Å². The number of fused-ring (bicyclic) bond motifs is 2. The Morgan fingerprint density at radius 2 is 1.97 bits per heavy atom. The Morgan fingerprint density at radius 3 is 2.70 bits per heavy atom. The van der Waals surface area contributed by atoms with Gasteiger partial charge in [-0.25, -0.2) is 0 Å². The molecule has 0 radical (unpaired) electrons. The molecule has 37 heavy (non-hydrogen) atoms. The fourth-order valence-electron chi connectivity index (χ4n) is 6.13. The van der Waals surface area contributed by atoms with Crippen molar-refractivity contribution in [2.45, 2.75) is 44.6 Å². The van der Waals surface area contributed by atoms with Crippen LogP contribution in [-0.2, 0) is 9.59 Å². The van der Waals surface area contributed by atoms with E-state index >= 15 is 0 Å². The number of nitrogens with zero attached hydrogens (tertiary/aromatic N) is 2. The van der Waals surface area contributed by atoms with Gasteiger partial charge in [-0.05, 0) is 68.2 Å². The van der Waals surface area contributed by atoms with Gasteiger partial charge < -0.3 is 18.8 Å². The largest absolute Gasteiger partial charge is 0.497 e. The third kappa shape index (κ3) is 4.91. The van der Waals surface area contributed by atoms with Crippen molar-refractivity contribution in [1.82, 2.24) is 9.80 Å². The molecule has 2 amide bonds. The monoisotopic (exact) mass is 538 g/mol. The van der Waals surface area contributed by atoms with E-state index in [1.54, 1.807) is 19.3 Å². The molecule has 2 saturated heterocycles. The fourth-order valence-corrected chi connectivity index (χ4v) is 7.48. The van der Waals surface area contributed by atoms with E-state index in [0.717, 1.165) is 43.8 Å². The summed E-state index contributed by atoms with van der Waals surface area (Å²) in [5.74, 6) is 3.64. The Labute approximate surface area is 226 Å². The number of thiocarbonyl (C=S) groups is 1. The molecule has 2 bridgehead atoms. The van der Waals surface area contributed by atoms with Crippen LogP contribution in [0.1, 0.15) is 44.3 Å². The lowest BCUT2D eigenvalue weighted by Gasteiger charge is -2.30. The Morgan fingerprint density at radius 1 is 1.16 bits per heavy atom. The number of hydrogen-bond acceptors (Lipinski definition) is 7. The molecule has 1 aromatic carbocycles. The summed E-state index contributed by atoms with van der Waals surface area (Å²) in [5.41, 5.74) is 0.761. The Bertz CT molecular complexity index is 1270. The minimum absolute atomic E-state index is 0.00904. The lowest BCUT2D eigenvalue weighted by molar-refractivity contribution is -0.132. The fraction of sp³-hybridized carbons (Fsp3) is 0.464. The number of hydrogen-bond donors (Lipinski definition) is 0. The number of thioether (sulfide) groups is 1. The third-order valence-corrected chi connectivity index (χ3v) is 9.31. The number of ether oxygens (including phenoxy) is 2. The maximum Gasteiger partial charge on any atom is 0.266 e. The predicted molar refractivity (Wildman–Crippen MR) is 146 cm³/mol. The summed E-state index contributed by atoms with van der Waals surface area (Å²) in [6, 6.07) is 9.39. The van der Waals surface area contributed by atoms with Gasteiger partial charge in [-0.2, -0.15) is 0 Å². The summed E-state index contributed by atoms with van der Waals surface area (Å²) in [6.07, 6.45) is 8.64. The summed E-state index contributed by atoms with van der Waals surface area (Å²) in [4.78, 5) is 29.9. The first-order chi connectivity index (χ1) is 18.0. The van der Waals surface area contributed by atoms with Gasteiger partial charge in [-0.15, -0.1) is 0 Å². The minimum atomic E-state index is -0.0134. The first-order valence-electron chi connectivity index (χ1n) is 13.0. The van der Waals surface area contributed by atoms with Crippen molar-refractivity contribution in [2.24, 2.45) is 11.8 Å². The van der Waals surface area contributed by atoms with Crippen LogP contribution in [0.5, 0.6) is 11.5 Å². The van der Waals surface area contributed by atoms with E-state index in [9.17, 15) is 9.59 Å². The van der Waals surface area contributed by atoms with Crippen LogP contribution in [0.2, 0.25) is 0 Å². The maximum atomic E-state index is 13.3. The second kappa shape index (κ2) is 10.2. The van der Waals surface area contributed by atoms with Crippen LogP contribution in [-0.4, -0.2) is 58.8 Å². The van der Waals surface area contributed by atoms with E-state index in [-0.39, 0.29) is 24.5 Å². The topological polar surface area (TPSA) is 72.2 Å². The molecule has 2 aliphatic heterocycles. The minimum Gasteiger partial charge on any atom is -0.497 e.